The van der Waals surface area contributed by atoms with E-state index in [1.807, 2.05) is 18.2 Å². The minimum absolute atomic E-state index is 0.566. The SMILES string of the molecule is COCNCc1ccccn1. The van der Waals surface area contributed by atoms with Gasteiger partial charge in [0.25, 0.3) is 0 Å². The van der Waals surface area contributed by atoms with E-state index in [0.29, 0.717) is 6.73 Å². The third kappa shape index (κ3) is 3.11. The Bertz CT molecular complexity index is 189. The van der Waals surface area contributed by atoms with E-state index in [2.05, 4.69) is 10.3 Å². The molecule has 0 saturated heterocycles. The van der Waals surface area contributed by atoms with Crippen LogP contribution in [-0.4, -0.2) is 18.8 Å². The fourth-order valence-electron chi connectivity index (χ4n) is 0.784. The van der Waals surface area contributed by atoms with Crippen LogP contribution in [0.15, 0.2) is 24.4 Å². The first-order valence-electron chi connectivity index (χ1n) is 3.53. The van der Waals surface area contributed by atoms with Crippen molar-refractivity contribution in [3.05, 3.63) is 30.1 Å². The number of hydrogen-bond donors (Lipinski definition) is 1. The van der Waals surface area contributed by atoms with Gasteiger partial charge in [0.1, 0.15) is 0 Å². The topological polar surface area (TPSA) is 34.1 Å². The van der Waals surface area contributed by atoms with Gasteiger partial charge in [0.2, 0.25) is 0 Å². The smallest absolute Gasteiger partial charge is 0.0964 e. The van der Waals surface area contributed by atoms with Crippen LogP contribution in [0.3, 0.4) is 0 Å². The van der Waals surface area contributed by atoms with Crippen LogP contribution in [0.4, 0.5) is 0 Å². The Morgan fingerprint density at radius 1 is 1.55 bits per heavy atom. The molecule has 0 atom stereocenters. The Kier molecular flexibility index (Phi) is 3.58. The third-order valence-corrected chi connectivity index (χ3v) is 1.28. The summed E-state index contributed by atoms with van der Waals surface area (Å²) in [6.45, 7) is 1.32. The Balaban J connectivity index is 2.28. The molecule has 0 spiro atoms. The number of nitrogens with one attached hydrogen (secondary N) is 1. The maximum atomic E-state index is 4.82. The standard InChI is InChI=1S/C8H12N2O/c1-11-7-9-6-8-4-2-3-5-10-8/h2-5,9H,6-7H2,1H3. The molecule has 0 amide bonds. The molecule has 0 aliphatic rings. The maximum absolute atomic E-state index is 4.82. The van der Waals surface area contributed by atoms with E-state index in [4.69, 9.17) is 4.74 Å². The monoisotopic (exact) mass is 152 g/mol. The van der Waals surface area contributed by atoms with E-state index in [9.17, 15) is 0 Å². The van der Waals surface area contributed by atoms with Crippen molar-refractivity contribution >= 4 is 0 Å². The summed E-state index contributed by atoms with van der Waals surface area (Å²) in [6.07, 6.45) is 1.78. The van der Waals surface area contributed by atoms with Gasteiger partial charge >= 0.3 is 0 Å². The van der Waals surface area contributed by atoms with E-state index in [0.717, 1.165) is 12.2 Å². The third-order valence-electron chi connectivity index (χ3n) is 1.28. The number of rotatable bonds is 4. The number of pyridine rings is 1. The highest BCUT2D eigenvalue weighted by Gasteiger charge is 1.89. The summed E-state index contributed by atoms with van der Waals surface area (Å²) in [7, 11) is 1.66. The van der Waals surface area contributed by atoms with Gasteiger partial charge in [-0.3, -0.25) is 10.3 Å². The van der Waals surface area contributed by atoms with Crippen LogP contribution in [0.25, 0.3) is 0 Å². The van der Waals surface area contributed by atoms with Gasteiger partial charge in [0.05, 0.1) is 12.4 Å². The zero-order valence-corrected chi connectivity index (χ0v) is 6.58. The molecular weight excluding hydrogens is 140 g/mol. The first-order valence-corrected chi connectivity index (χ1v) is 3.53. The lowest BCUT2D eigenvalue weighted by Crippen LogP contribution is -2.16. The fraction of sp³-hybridized carbons (Fsp3) is 0.375. The van der Waals surface area contributed by atoms with Gasteiger partial charge in [-0.1, -0.05) is 6.07 Å². The van der Waals surface area contributed by atoms with Gasteiger partial charge in [-0.25, -0.2) is 0 Å². The average molecular weight is 152 g/mol. The van der Waals surface area contributed by atoms with Crippen molar-refractivity contribution in [3.63, 3.8) is 0 Å². The Morgan fingerprint density at radius 3 is 3.09 bits per heavy atom. The molecule has 1 aromatic heterocycles. The maximum Gasteiger partial charge on any atom is 0.0964 e. The number of hydrogen-bond acceptors (Lipinski definition) is 3. The van der Waals surface area contributed by atoms with Crippen molar-refractivity contribution in [2.45, 2.75) is 6.54 Å². The lowest BCUT2D eigenvalue weighted by Gasteiger charge is -2.00. The lowest BCUT2D eigenvalue weighted by atomic mass is 10.3. The van der Waals surface area contributed by atoms with Gasteiger partial charge in [-0.15, -0.1) is 0 Å². The summed E-state index contributed by atoms with van der Waals surface area (Å²) in [5, 5.41) is 3.07. The molecule has 0 fully saturated rings. The summed E-state index contributed by atoms with van der Waals surface area (Å²) < 4.78 is 4.82. The van der Waals surface area contributed by atoms with Gasteiger partial charge in [-0.2, -0.15) is 0 Å². The quantitative estimate of drug-likeness (QED) is 0.511. The summed E-state index contributed by atoms with van der Waals surface area (Å²) in [5.74, 6) is 0. The van der Waals surface area contributed by atoms with E-state index >= 15 is 0 Å². The molecule has 0 aliphatic heterocycles. The van der Waals surface area contributed by atoms with Crippen molar-refractivity contribution in [2.24, 2.45) is 0 Å². The Hall–Kier alpha value is -0.930. The van der Waals surface area contributed by atoms with E-state index in [1.54, 1.807) is 13.3 Å². The number of methoxy groups -OCH3 is 1. The molecule has 1 aromatic rings. The minimum Gasteiger partial charge on any atom is -0.370 e. The molecule has 60 valence electrons. The van der Waals surface area contributed by atoms with Crippen LogP contribution in [-0.2, 0) is 11.3 Å². The molecule has 11 heavy (non-hydrogen) atoms. The molecule has 0 unspecified atom stereocenters. The average Bonchev–Trinajstić information content (AvgIpc) is 2.07. The van der Waals surface area contributed by atoms with E-state index in [1.165, 1.54) is 0 Å². The minimum atomic E-state index is 0.566. The van der Waals surface area contributed by atoms with Crippen LogP contribution in [0.1, 0.15) is 5.69 Å². The van der Waals surface area contributed by atoms with Crippen molar-refractivity contribution in [2.75, 3.05) is 13.8 Å². The molecule has 0 bridgehead atoms. The van der Waals surface area contributed by atoms with E-state index < -0.39 is 0 Å². The first kappa shape index (κ1) is 8.17. The predicted octanol–water partition coefficient (Wildman–Crippen LogP) is 0.775. The first-order chi connectivity index (χ1) is 5.43. The highest BCUT2D eigenvalue weighted by atomic mass is 16.5. The predicted molar refractivity (Wildman–Crippen MR) is 43.0 cm³/mol. The Morgan fingerprint density at radius 2 is 2.45 bits per heavy atom. The second-order valence-corrected chi connectivity index (χ2v) is 2.18. The number of ether oxygens (including phenoxy) is 1. The zero-order valence-electron chi connectivity index (χ0n) is 6.58. The van der Waals surface area contributed by atoms with Gasteiger partial charge in [0, 0.05) is 19.9 Å². The van der Waals surface area contributed by atoms with Crippen LogP contribution >= 0.6 is 0 Å². The number of nitrogens with zero attached hydrogens (tertiary/aromatic N) is 1. The van der Waals surface area contributed by atoms with Crippen molar-refractivity contribution < 1.29 is 4.74 Å². The molecule has 0 aliphatic carbocycles. The normalized spacial score (nSPS) is 9.91. The number of aromatic nitrogens is 1. The van der Waals surface area contributed by atoms with E-state index in [-0.39, 0.29) is 0 Å². The molecular formula is C8H12N2O. The molecule has 0 aromatic carbocycles. The zero-order chi connectivity index (χ0) is 7.94. The molecule has 0 saturated carbocycles. The van der Waals surface area contributed by atoms with Crippen LogP contribution < -0.4 is 5.32 Å². The van der Waals surface area contributed by atoms with Gasteiger partial charge in [0.15, 0.2) is 0 Å². The van der Waals surface area contributed by atoms with Crippen LogP contribution in [0, 0.1) is 0 Å². The fourth-order valence-corrected chi connectivity index (χ4v) is 0.784. The van der Waals surface area contributed by atoms with Crippen molar-refractivity contribution in [3.8, 4) is 0 Å². The molecule has 1 rings (SSSR count). The van der Waals surface area contributed by atoms with Crippen LogP contribution in [0.5, 0.6) is 0 Å². The summed E-state index contributed by atoms with van der Waals surface area (Å²) in [6, 6.07) is 5.85. The molecule has 1 N–H and O–H groups in total. The lowest BCUT2D eigenvalue weighted by molar-refractivity contribution is 0.174. The van der Waals surface area contributed by atoms with Crippen molar-refractivity contribution in [1.82, 2.24) is 10.3 Å². The van der Waals surface area contributed by atoms with Crippen molar-refractivity contribution in [1.29, 1.82) is 0 Å². The molecule has 1 heterocycles. The molecule has 0 radical (unpaired) electrons. The van der Waals surface area contributed by atoms with Gasteiger partial charge in [-0.05, 0) is 12.1 Å². The molecule has 3 nitrogen and oxygen atoms in total. The highest BCUT2D eigenvalue weighted by Crippen LogP contribution is 1.90. The second-order valence-electron chi connectivity index (χ2n) is 2.18. The Labute approximate surface area is 66.4 Å². The summed E-state index contributed by atoms with van der Waals surface area (Å²) in [4.78, 5) is 4.13. The van der Waals surface area contributed by atoms with Gasteiger partial charge < -0.3 is 4.74 Å². The highest BCUT2D eigenvalue weighted by molar-refractivity contribution is 5.02. The second kappa shape index (κ2) is 4.82. The summed E-state index contributed by atoms with van der Waals surface area (Å²) >= 11 is 0. The largest absolute Gasteiger partial charge is 0.370 e. The summed E-state index contributed by atoms with van der Waals surface area (Å²) in [5.41, 5.74) is 1.03. The van der Waals surface area contributed by atoms with Crippen LogP contribution in [0.2, 0.25) is 0 Å². The molecule has 3 heteroatoms.